The third-order valence-electron chi connectivity index (χ3n) is 5.40. The lowest BCUT2D eigenvalue weighted by Gasteiger charge is -2.42. The van der Waals surface area contributed by atoms with E-state index >= 15 is 0 Å². The van der Waals surface area contributed by atoms with Crippen molar-refractivity contribution in [3.63, 3.8) is 0 Å². The quantitative estimate of drug-likeness (QED) is 0.523. The monoisotopic (exact) mass is 385 g/mol. The Hall–Kier alpha value is -1.72. The van der Waals surface area contributed by atoms with Crippen LogP contribution in [0.1, 0.15) is 52.9 Å². The average Bonchev–Trinajstić information content (AvgIpc) is 2.62. The van der Waals surface area contributed by atoms with Crippen LogP contribution in [0.4, 0.5) is 5.82 Å². The molecule has 0 bridgehead atoms. The van der Waals surface area contributed by atoms with Crippen LogP contribution in [0.25, 0.3) is 0 Å². The van der Waals surface area contributed by atoms with Crippen molar-refractivity contribution < 1.29 is 4.43 Å². The third-order valence-corrected chi connectivity index (χ3v) is 11.5. The Morgan fingerprint density at radius 3 is 2.15 bits per heavy atom. The molecular weight excluding hydrogens is 350 g/mol. The van der Waals surface area contributed by atoms with Gasteiger partial charge in [0.1, 0.15) is 5.82 Å². The minimum absolute atomic E-state index is 0.581. The van der Waals surface area contributed by atoms with Gasteiger partial charge in [0.15, 0.2) is 0 Å². The highest BCUT2D eigenvalue weighted by atomic mass is 28.4. The van der Waals surface area contributed by atoms with Crippen molar-refractivity contribution in [1.29, 1.82) is 0 Å². The van der Waals surface area contributed by atoms with E-state index in [4.69, 9.17) is 9.41 Å². The van der Waals surface area contributed by atoms with Gasteiger partial charge >= 0.3 is 0 Å². The van der Waals surface area contributed by atoms with Crippen LogP contribution in [0.15, 0.2) is 42.6 Å². The Morgan fingerprint density at radius 1 is 0.889 bits per heavy atom. The molecular formula is C22H35N3OSi. The van der Waals surface area contributed by atoms with Gasteiger partial charge in [-0.2, -0.15) is 0 Å². The van der Waals surface area contributed by atoms with Crippen molar-refractivity contribution in [2.75, 3.05) is 11.9 Å². The van der Waals surface area contributed by atoms with E-state index in [9.17, 15) is 0 Å². The molecule has 148 valence electrons. The molecule has 0 aliphatic heterocycles. The Labute approximate surface area is 165 Å². The molecule has 2 rings (SSSR count). The van der Waals surface area contributed by atoms with Crippen molar-refractivity contribution in [2.45, 2.75) is 71.2 Å². The van der Waals surface area contributed by atoms with E-state index < -0.39 is 8.32 Å². The molecule has 0 aliphatic rings. The van der Waals surface area contributed by atoms with E-state index in [1.807, 2.05) is 30.5 Å². The summed E-state index contributed by atoms with van der Waals surface area (Å²) in [6, 6.07) is 12.1. The zero-order valence-corrected chi connectivity index (χ0v) is 18.7. The number of aromatic nitrogens is 2. The maximum absolute atomic E-state index is 6.67. The van der Waals surface area contributed by atoms with Gasteiger partial charge in [-0.25, -0.2) is 4.98 Å². The highest BCUT2D eigenvalue weighted by molar-refractivity contribution is 6.77. The lowest BCUT2D eigenvalue weighted by Crippen LogP contribution is -2.47. The van der Waals surface area contributed by atoms with Gasteiger partial charge in [0.25, 0.3) is 0 Å². The number of nitrogens with zero attached hydrogens (tertiary/aromatic N) is 2. The summed E-state index contributed by atoms with van der Waals surface area (Å²) in [6.07, 6.45) is 2.72. The van der Waals surface area contributed by atoms with Gasteiger partial charge < -0.3 is 9.74 Å². The summed E-state index contributed by atoms with van der Waals surface area (Å²) in [5, 5.41) is 3.40. The minimum atomic E-state index is -1.87. The van der Waals surface area contributed by atoms with Crippen molar-refractivity contribution in [3.05, 3.63) is 54.0 Å². The maximum Gasteiger partial charge on any atom is 0.200 e. The normalized spacial score (nSPS) is 12.2. The first-order valence-electron chi connectivity index (χ1n) is 10.1. The number of hydrogen-bond donors (Lipinski definition) is 1. The van der Waals surface area contributed by atoms with Gasteiger partial charge in [-0.1, -0.05) is 53.7 Å². The molecule has 0 aromatic carbocycles. The van der Waals surface area contributed by atoms with Crippen LogP contribution >= 0.6 is 0 Å². The van der Waals surface area contributed by atoms with E-state index in [0.29, 0.717) is 23.2 Å². The molecule has 5 heteroatoms. The molecule has 0 spiro atoms. The molecule has 0 saturated heterocycles. The van der Waals surface area contributed by atoms with Crippen LogP contribution in [0, 0.1) is 0 Å². The predicted molar refractivity (Wildman–Crippen MR) is 117 cm³/mol. The van der Waals surface area contributed by atoms with Gasteiger partial charge in [-0.05, 0) is 40.9 Å². The Balaban J connectivity index is 1.98. The van der Waals surface area contributed by atoms with E-state index in [1.54, 1.807) is 0 Å². The molecule has 27 heavy (non-hydrogen) atoms. The Bertz CT molecular complexity index is 667. The molecule has 0 fully saturated rings. The first-order valence-corrected chi connectivity index (χ1v) is 12.2. The van der Waals surface area contributed by atoms with Gasteiger partial charge in [0.2, 0.25) is 8.32 Å². The molecule has 0 radical (unpaired) electrons. The molecule has 1 N–H and O–H groups in total. The van der Waals surface area contributed by atoms with Gasteiger partial charge in [0.05, 0.1) is 12.3 Å². The van der Waals surface area contributed by atoms with Crippen molar-refractivity contribution in [2.24, 2.45) is 0 Å². The van der Waals surface area contributed by atoms with Crippen molar-refractivity contribution in [3.8, 4) is 0 Å². The SMILES string of the molecule is CC(C)[Si](OCc1cccc(NCCc2ccccn2)n1)(C(C)C)C(C)C. The van der Waals surface area contributed by atoms with Crippen LogP contribution < -0.4 is 5.32 Å². The number of rotatable bonds is 10. The highest BCUT2D eigenvalue weighted by Crippen LogP contribution is 2.42. The van der Waals surface area contributed by atoms with Crippen LogP contribution in [-0.2, 0) is 17.5 Å². The summed E-state index contributed by atoms with van der Waals surface area (Å²) >= 11 is 0. The fourth-order valence-electron chi connectivity index (χ4n) is 4.22. The van der Waals surface area contributed by atoms with Gasteiger partial charge in [0, 0.05) is 24.9 Å². The molecule has 2 aromatic heterocycles. The zero-order valence-electron chi connectivity index (χ0n) is 17.7. The first kappa shape index (κ1) is 21.6. The van der Waals surface area contributed by atoms with Crippen LogP contribution in [0.3, 0.4) is 0 Å². The largest absolute Gasteiger partial charge is 0.410 e. The fourth-order valence-corrected chi connectivity index (χ4v) is 9.62. The van der Waals surface area contributed by atoms with E-state index in [2.05, 4.69) is 64.0 Å². The van der Waals surface area contributed by atoms with Crippen LogP contribution in [0.5, 0.6) is 0 Å². The van der Waals surface area contributed by atoms with E-state index in [1.165, 1.54) is 0 Å². The summed E-state index contributed by atoms with van der Waals surface area (Å²) in [5.41, 5.74) is 3.83. The molecule has 0 amide bonds. The summed E-state index contributed by atoms with van der Waals surface area (Å²) in [4.78, 5) is 9.11. The molecule has 0 aliphatic carbocycles. The lowest BCUT2D eigenvalue weighted by molar-refractivity contribution is 0.262. The Morgan fingerprint density at radius 2 is 1.56 bits per heavy atom. The van der Waals surface area contributed by atoms with E-state index in [0.717, 1.165) is 30.2 Å². The standard InChI is InChI=1S/C22H35N3OSi/c1-17(2)27(18(3)4,19(5)6)26-16-21-11-9-12-22(25-21)24-15-13-20-10-7-8-14-23-20/h7-12,14,17-19H,13,15-16H2,1-6H3,(H,24,25). The average molecular weight is 386 g/mol. The molecule has 2 heterocycles. The molecule has 0 unspecified atom stereocenters. The summed E-state index contributed by atoms with van der Waals surface area (Å²) < 4.78 is 6.67. The maximum atomic E-state index is 6.67. The zero-order chi connectivity index (χ0) is 19.9. The number of hydrogen-bond acceptors (Lipinski definition) is 4. The second-order valence-corrected chi connectivity index (χ2v) is 13.6. The topological polar surface area (TPSA) is 47.0 Å². The number of anilines is 1. The second-order valence-electron chi connectivity index (χ2n) is 8.12. The lowest BCUT2D eigenvalue weighted by atomic mass is 10.2. The first-order chi connectivity index (χ1) is 12.9. The number of pyridine rings is 2. The van der Waals surface area contributed by atoms with Crippen molar-refractivity contribution >= 4 is 14.1 Å². The second kappa shape index (κ2) is 9.99. The highest BCUT2D eigenvalue weighted by Gasteiger charge is 2.45. The van der Waals surface area contributed by atoms with E-state index in [-0.39, 0.29) is 0 Å². The smallest absolute Gasteiger partial charge is 0.200 e. The molecule has 0 atom stereocenters. The van der Waals surface area contributed by atoms with Gasteiger partial charge in [-0.3, -0.25) is 4.98 Å². The van der Waals surface area contributed by atoms with Gasteiger partial charge in [-0.15, -0.1) is 0 Å². The van der Waals surface area contributed by atoms with Crippen LogP contribution in [-0.4, -0.2) is 24.8 Å². The fraction of sp³-hybridized carbons (Fsp3) is 0.545. The Kier molecular flexibility index (Phi) is 7.99. The van der Waals surface area contributed by atoms with Crippen molar-refractivity contribution in [1.82, 2.24) is 9.97 Å². The summed E-state index contributed by atoms with van der Waals surface area (Å²) in [5.74, 6) is 0.901. The third kappa shape index (κ3) is 5.63. The predicted octanol–water partition coefficient (Wildman–Crippen LogP) is 5.82. The van der Waals surface area contributed by atoms with Crippen LogP contribution in [0.2, 0.25) is 16.6 Å². The summed E-state index contributed by atoms with van der Waals surface area (Å²) in [7, 11) is -1.87. The molecule has 0 saturated carbocycles. The number of nitrogens with one attached hydrogen (secondary N) is 1. The molecule has 4 nitrogen and oxygen atoms in total. The molecule has 2 aromatic rings. The summed E-state index contributed by atoms with van der Waals surface area (Å²) in [6.45, 7) is 15.3. The minimum Gasteiger partial charge on any atom is -0.410 e.